The summed E-state index contributed by atoms with van der Waals surface area (Å²) in [6.07, 6.45) is 1.91. The van der Waals surface area contributed by atoms with Crippen LogP contribution in [0.1, 0.15) is 56.3 Å². The molecule has 3 unspecified atom stereocenters. The summed E-state index contributed by atoms with van der Waals surface area (Å²) >= 11 is 0. The number of carbonyl (C=O) groups excluding carboxylic acids is 2. The zero-order valence-corrected chi connectivity index (χ0v) is 25.2. The number of amides is 1. The quantitative estimate of drug-likeness (QED) is 0.414. The fraction of sp³-hybridized carbons (Fsp3) is 0.750. The number of hydrogen-bond donors (Lipinski definition) is 3. The van der Waals surface area contributed by atoms with Crippen LogP contribution in [0.5, 0.6) is 0 Å². The lowest BCUT2D eigenvalue weighted by molar-refractivity contribution is -0.337. The van der Waals surface area contributed by atoms with Crippen LogP contribution in [0.15, 0.2) is 24.3 Å². The molecule has 1 spiro atoms. The van der Waals surface area contributed by atoms with Crippen molar-refractivity contribution < 1.29 is 38.7 Å². The summed E-state index contributed by atoms with van der Waals surface area (Å²) < 4.78 is 25.1. The Morgan fingerprint density at radius 3 is 2.50 bits per heavy atom. The zero-order valence-electron chi connectivity index (χ0n) is 25.2. The number of likely N-dealkylation sites (N-methyl/N-ethyl adjacent to an activating group) is 1. The van der Waals surface area contributed by atoms with Gasteiger partial charge in [-0.05, 0) is 44.4 Å². The maximum atomic E-state index is 14.0. The second-order valence-corrected chi connectivity index (χ2v) is 13.7. The number of ether oxygens (including phenoxy) is 4. The highest BCUT2D eigenvalue weighted by molar-refractivity contribution is 6.00. The van der Waals surface area contributed by atoms with Gasteiger partial charge in [0, 0.05) is 76.3 Å². The van der Waals surface area contributed by atoms with Crippen molar-refractivity contribution in [1.29, 1.82) is 0 Å². The van der Waals surface area contributed by atoms with Gasteiger partial charge in [0.2, 0.25) is 5.91 Å². The molecule has 10 nitrogen and oxygen atoms in total. The van der Waals surface area contributed by atoms with Crippen molar-refractivity contribution in [3.63, 3.8) is 0 Å². The Balaban J connectivity index is 1.38. The van der Waals surface area contributed by atoms with Gasteiger partial charge >= 0.3 is 5.97 Å². The first-order chi connectivity index (χ1) is 20.1. The predicted molar refractivity (Wildman–Crippen MR) is 152 cm³/mol. The molecule has 1 aromatic carbocycles. The van der Waals surface area contributed by atoms with E-state index in [0.29, 0.717) is 56.4 Å². The number of nitrogens with one attached hydrogen (secondary N) is 1. The highest BCUT2D eigenvalue weighted by Gasteiger charge is 2.89. The number of hydrogen-bond acceptors (Lipinski definition) is 9. The summed E-state index contributed by atoms with van der Waals surface area (Å²) in [5.74, 6) is -1.54. The van der Waals surface area contributed by atoms with Gasteiger partial charge in [0.15, 0.2) is 0 Å². The van der Waals surface area contributed by atoms with Crippen molar-refractivity contribution in [2.24, 2.45) is 29.1 Å². The molecule has 0 aromatic heterocycles. The van der Waals surface area contributed by atoms with Gasteiger partial charge in [-0.25, -0.2) is 4.79 Å². The molecule has 1 aromatic rings. The highest BCUT2D eigenvalue weighted by atomic mass is 16.6. The van der Waals surface area contributed by atoms with Crippen LogP contribution in [0.25, 0.3) is 0 Å². The Morgan fingerprint density at radius 2 is 1.83 bits per heavy atom. The number of methoxy groups -OCH3 is 3. The SMILES string of the molecule is CCN1C[C@]2(OC(=O)c3ccccc3NC(C)=O)CCC(OC)[C@@]34[C@@H]2C[C@@H]([C@@H]13)[C@@]1(O)CC(OC)[C@H]2C[C@@H]4[C@]1(O)C2OC. The summed E-state index contributed by atoms with van der Waals surface area (Å²) in [4.78, 5) is 28.3. The molecule has 5 aliphatic carbocycles. The van der Waals surface area contributed by atoms with E-state index in [4.69, 9.17) is 18.9 Å². The largest absolute Gasteiger partial charge is 0.454 e. The number of benzene rings is 1. The van der Waals surface area contributed by atoms with Crippen molar-refractivity contribution >= 4 is 17.6 Å². The molecule has 10 heteroatoms. The molecule has 7 rings (SSSR count). The van der Waals surface area contributed by atoms with Crippen LogP contribution >= 0.6 is 0 Å². The van der Waals surface area contributed by atoms with E-state index < -0.39 is 34.3 Å². The summed E-state index contributed by atoms with van der Waals surface area (Å²) in [5.41, 5.74) is -3.57. The van der Waals surface area contributed by atoms with Crippen molar-refractivity contribution in [2.45, 2.75) is 87.1 Å². The molecule has 1 saturated heterocycles. The zero-order chi connectivity index (χ0) is 29.8. The number of piperidine rings is 1. The number of para-hydroxylation sites is 1. The lowest BCUT2D eigenvalue weighted by atomic mass is 9.44. The Morgan fingerprint density at radius 1 is 1.07 bits per heavy atom. The van der Waals surface area contributed by atoms with Crippen LogP contribution in [-0.4, -0.2) is 103 Å². The Labute approximate surface area is 247 Å². The molecule has 0 radical (unpaired) electrons. The van der Waals surface area contributed by atoms with Gasteiger partial charge in [-0.2, -0.15) is 0 Å². The molecule has 5 saturated carbocycles. The van der Waals surface area contributed by atoms with Gasteiger partial charge in [-0.15, -0.1) is 0 Å². The first kappa shape index (κ1) is 28.7. The monoisotopic (exact) mass is 584 g/mol. The van der Waals surface area contributed by atoms with E-state index in [-0.39, 0.29) is 47.8 Å². The maximum absolute atomic E-state index is 14.0. The van der Waals surface area contributed by atoms with Gasteiger partial charge < -0.3 is 34.5 Å². The predicted octanol–water partition coefficient (Wildman–Crippen LogP) is 2.22. The molecule has 1 heterocycles. The minimum atomic E-state index is -1.48. The number of carbonyl (C=O) groups is 2. The molecule has 7 bridgehead atoms. The third-order valence-corrected chi connectivity index (χ3v) is 12.6. The fourth-order valence-corrected chi connectivity index (χ4v) is 11.6. The van der Waals surface area contributed by atoms with E-state index in [1.807, 2.05) is 0 Å². The van der Waals surface area contributed by atoms with Crippen molar-refractivity contribution in [1.82, 2.24) is 4.90 Å². The second-order valence-electron chi connectivity index (χ2n) is 13.7. The second kappa shape index (κ2) is 9.46. The smallest absolute Gasteiger partial charge is 0.340 e. The van der Waals surface area contributed by atoms with E-state index in [2.05, 4.69) is 17.1 Å². The normalized spacial score (nSPS) is 48.2. The molecule has 42 heavy (non-hydrogen) atoms. The van der Waals surface area contributed by atoms with Gasteiger partial charge in [-0.1, -0.05) is 19.1 Å². The number of anilines is 1. The number of rotatable bonds is 7. The van der Waals surface area contributed by atoms with E-state index >= 15 is 0 Å². The first-order valence-corrected chi connectivity index (χ1v) is 15.4. The number of nitrogens with zero attached hydrogens (tertiary/aromatic N) is 1. The number of aliphatic hydroxyl groups is 2. The fourth-order valence-electron chi connectivity index (χ4n) is 11.6. The molecule has 230 valence electrons. The third-order valence-electron chi connectivity index (χ3n) is 12.6. The Hall–Kier alpha value is -2.08. The minimum absolute atomic E-state index is 0.0432. The van der Waals surface area contributed by atoms with E-state index in [9.17, 15) is 19.8 Å². The average molecular weight is 585 g/mol. The van der Waals surface area contributed by atoms with Crippen LogP contribution in [0.4, 0.5) is 5.69 Å². The van der Waals surface area contributed by atoms with Crippen molar-refractivity contribution in [3.8, 4) is 0 Å². The Bertz CT molecular complexity index is 1290. The lowest BCUT2D eigenvalue weighted by Crippen LogP contribution is -2.83. The van der Waals surface area contributed by atoms with E-state index in [1.165, 1.54) is 6.92 Å². The summed E-state index contributed by atoms with van der Waals surface area (Å²) in [6.45, 7) is 4.79. The van der Waals surface area contributed by atoms with Gasteiger partial charge in [0.1, 0.15) is 16.8 Å². The summed E-state index contributed by atoms with van der Waals surface area (Å²) in [6, 6.07) is 6.89. The van der Waals surface area contributed by atoms with Gasteiger partial charge in [0.25, 0.3) is 0 Å². The van der Waals surface area contributed by atoms with Crippen LogP contribution in [-0.2, 0) is 23.7 Å². The maximum Gasteiger partial charge on any atom is 0.340 e. The molecular weight excluding hydrogens is 540 g/mol. The average Bonchev–Trinajstić information content (AvgIpc) is 3.39. The van der Waals surface area contributed by atoms with Crippen LogP contribution in [0.3, 0.4) is 0 Å². The van der Waals surface area contributed by atoms with Crippen LogP contribution in [0.2, 0.25) is 0 Å². The van der Waals surface area contributed by atoms with E-state index in [0.717, 1.165) is 0 Å². The van der Waals surface area contributed by atoms with E-state index in [1.54, 1.807) is 45.6 Å². The van der Waals surface area contributed by atoms with Crippen LogP contribution in [0, 0.1) is 29.1 Å². The molecule has 12 atom stereocenters. The molecule has 3 N–H and O–H groups in total. The lowest BCUT2D eigenvalue weighted by Gasteiger charge is -2.70. The number of fused-ring (bicyclic) bond motifs is 2. The molecular formula is C32H44N2O8. The minimum Gasteiger partial charge on any atom is -0.454 e. The number of esters is 1. The third kappa shape index (κ3) is 3.21. The Kier molecular flexibility index (Phi) is 6.46. The number of likely N-dealkylation sites (tertiary alicyclic amines) is 1. The summed E-state index contributed by atoms with van der Waals surface area (Å²) in [7, 11) is 5.05. The molecule has 1 amide bonds. The van der Waals surface area contributed by atoms with Crippen LogP contribution < -0.4 is 5.32 Å². The van der Waals surface area contributed by atoms with Crippen molar-refractivity contribution in [2.75, 3.05) is 39.7 Å². The van der Waals surface area contributed by atoms with Crippen molar-refractivity contribution in [3.05, 3.63) is 29.8 Å². The van der Waals surface area contributed by atoms with Gasteiger partial charge in [0.05, 0.1) is 29.6 Å². The highest BCUT2D eigenvalue weighted by Crippen LogP contribution is 2.79. The van der Waals surface area contributed by atoms with Gasteiger partial charge in [-0.3, -0.25) is 9.69 Å². The summed E-state index contributed by atoms with van der Waals surface area (Å²) in [5, 5.41) is 28.4. The standard InChI is InChI=1S/C32H44N2O8/c1-6-34-16-29(42-28(36)18-9-7-8-10-21(18)33-17(2)35)12-11-25(40-4)31-23(29)14-20(26(31)34)30(37)15-22(39-3)19-13-24(31)32(30,38)27(19)41-5/h7-10,19-20,22-27,37-38H,6,11-16H2,1-5H3,(H,33,35)/t19-,20+,22?,23-,24+,25?,26-,27?,29-,30+,31+,32+/m1/s1. The molecule has 6 fully saturated rings. The first-order valence-electron chi connectivity index (χ1n) is 15.4. The molecule has 6 aliphatic rings. The topological polar surface area (TPSA) is 127 Å². The molecule has 1 aliphatic heterocycles.